The minimum absolute atomic E-state index is 0.629. The highest BCUT2D eigenvalue weighted by Gasteiger charge is 2.19. The third kappa shape index (κ3) is 2.39. The number of halogens is 2. The highest BCUT2D eigenvalue weighted by Crippen LogP contribution is 2.32. The van der Waals surface area contributed by atoms with Crippen LogP contribution in [0.15, 0.2) is 12.1 Å². The molecule has 1 aromatic carbocycles. The maximum absolute atomic E-state index is 6.15. The Morgan fingerprint density at radius 3 is 2.60 bits per heavy atom. The van der Waals surface area contributed by atoms with Crippen LogP contribution in [0.25, 0.3) is 0 Å². The van der Waals surface area contributed by atoms with Crippen molar-refractivity contribution in [3.05, 3.63) is 27.7 Å². The van der Waals surface area contributed by atoms with E-state index in [2.05, 4.69) is 5.32 Å². The van der Waals surface area contributed by atoms with Crippen molar-refractivity contribution in [3.8, 4) is 5.75 Å². The predicted molar refractivity (Wildman–Crippen MR) is 63.1 cm³/mol. The van der Waals surface area contributed by atoms with Gasteiger partial charge in [-0.15, -0.1) is 0 Å². The fourth-order valence-electron chi connectivity index (χ4n) is 1.69. The number of nitrogens with one attached hydrogen (secondary N) is 1. The normalized spacial score (nSPS) is 16.2. The number of hydrogen-bond donors (Lipinski definition) is 1. The second-order valence-corrected chi connectivity index (χ2v) is 4.62. The van der Waals surface area contributed by atoms with E-state index >= 15 is 0 Å². The lowest BCUT2D eigenvalue weighted by molar-refractivity contribution is 0.346. The van der Waals surface area contributed by atoms with Crippen molar-refractivity contribution in [3.63, 3.8) is 0 Å². The van der Waals surface area contributed by atoms with E-state index in [1.807, 2.05) is 6.07 Å². The SMILES string of the molecule is COc1cc(Cl)c(CC2CNC2)cc1Cl. The molecule has 0 unspecified atom stereocenters. The molecule has 0 spiro atoms. The van der Waals surface area contributed by atoms with Crippen molar-refractivity contribution in [2.75, 3.05) is 20.2 Å². The van der Waals surface area contributed by atoms with Crippen molar-refractivity contribution in [2.45, 2.75) is 6.42 Å². The molecule has 82 valence electrons. The van der Waals surface area contributed by atoms with Gasteiger partial charge in [0.1, 0.15) is 5.75 Å². The topological polar surface area (TPSA) is 21.3 Å². The lowest BCUT2D eigenvalue weighted by Gasteiger charge is -2.27. The van der Waals surface area contributed by atoms with E-state index in [9.17, 15) is 0 Å². The number of benzene rings is 1. The maximum atomic E-state index is 6.15. The summed E-state index contributed by atoms with van der Waals surface area (Å²) in [5.41, 5.74) is 1.11. The standard InChI is InChI=1S/C11H13Cl2NO/c1-15-11-4-9(12)8(3-10(11)13)2-7-5-14-6-7/h3-4,7,14H,2,5-6H2,1H3. The lowest BCUT2D eigenvalue weighted by Crippen LogP contribution is -2.43. The molecule has 1 heterocycles. The van der Waals surface area contributed by atoms with Gasteiger partial charge in [-0.3, -0.25) is 0 Å². The van der Waals surface area contributed by atoms with E-state index in [1.54, 1.807) is 13.2 Å². The van der Waals surface area contributed by atoms with E-state index in [0.717, 1.165) is 30.1 Å². The van der Waals surface area contributed by atoms with Crippen LogP contribution in [0.3, 0.4) is 0 Å². The molecule has 1 saturated heterocycles. The lowest BCUT2D eigenvalue weighted by atomic mass is 9.94. The van der Waals surface area contributed by atoms with Crippen molar-refractivity contribution in [1.29, 1.82) is 0 Å². The summed E-state index contributed by atoms with van der Waals surface area (Å²) in [5.74, 6) is 1.32. The largest absolute Gasteiger partial charge is 0.495 e. The van der Waals surface area contributed by atoms with Crippen molar-refractivity contribution in [2.24, 2.45) is 5.92 Å². The first-order valence-electron chi connectivity index (χ1n) is 4.93. The van der Waals surface area contributed by atoms with Crippen LogP contribution in [0.2, 0.25) is 10.0 Å². The van der Waals surface area contributed by atoms with Crippen LogP contribution in [-0.2, 0) is 6.42 Å². The number of methoxy groups -OCH3 is 1. The Bertz CT molecular complexity index is 364. The van der Waals surface area contributed by atoms with E-state index < -0.39 is 0 Å². The summed E-state index contributed by atoms with van der Waals surface area (Å²) in [5, 5.41) is 4.61. The highest BCUT2D eigenvalue weighted by atomic mass is 35.5. The van der Waals surface area contributed by atoms with Gasteiger partial charge in [0.25, 0.3) is 0 Å². The summed E-state index contributed by atoms with van der Waals surface area (Å²) in [6.07, 6.45) is 0.982. The number of ether oxygens (including phenoxy) is 1. The second kappa shape index (κ2) is 4.60. The van der Waals surface area contributed by atoms with E-state index in [1.165, 1.54) is 0 Å². The summed E-state index contributed by atoms with van der Waals surface area (Å²) < 4.78 is 5.10. The van der Waals surface area contributed by atoms with E-state index in [-0.39, 0.29) is 0 Å². The van der Waals surface area contributed by atoms with Crippen LogP contribution >= 0.6 is 23.2 Å². The Labute approximate surface area is 99.5 Å². The first kappa shape index (κ1) is 11.1. The summed E-state index contributed by atoms with van der Waals surface area (Å²) in [6, 6.07) is 3.69. The van der Waals surface area contributed by atoms with Gasteiger partial charge in [-0.2, -0.15) is 0 Å². The Kier molecular flexibility index (Phi) is 3.39. The molecule has 0 radical (unpaired) electrons. The predicted octanol–water partition coefficient (Wildman–Crippen LogP) is 2.76. The molecule has 1 aromatic rings. The van der Waals surface area contributed by atoms with Gasteiger partial charge < -0.3 is 10.1 Å². The van der Waals surface area contributed by atoms with Gasteiger partial charge in [-0.25, -0.2) is 0 Å². The average molecular weight is 246 g/mol. The molecule has 1 fully saturated rings. The van der Waals surface area contributed by atoms with Gasteiger partial charge >= 0.3 is 0 Å². The van der Waals surface area contributed by atoms with Crippen LogP contribution in [0.4, 0.5) is 0 Å². The molecular formula is C11H13Cl2NO. The van der Waals surface area contributed by atoms with Gasteiger partial charge in [0.15, 0.2) is 0 Å². The molecule has 1 N–H and O–H groups in total. The fraction of sp³-hybridized carbons (Fsp3) is 0.455. The Balaban J connectivity index is 2.19. The Morgan fingerprint density at radius 1 is 1.33 bits per heavy atom. The molecule has 4 heteroatoms. The summed E-state index contributed by atoms with van der Waals surface area (Å²) in [6.45, 7) is 2.14. The molecular weight excluding hydrogens is 233 g/mol. The molecule has 2 rings (SSSR count). The minimum Gasteiger partial charge on any atom is -0.495 e. The van der Waals surface area contributed by atoms with Gasteiger partial charge in [-0.05, 0) is 37.1 Å². The van der Waals surface area contributed by atoms with Gasteiger partial charge in [0.2, 0.25) is 0 Å². The van der Waals surface area contributed by atoms with Crippen LogP contribution in [0, 0.1) is 5.92 Å². The van der Waals surface area contributed by atoms with Crippen molar-refractivity contribution >= 4 is 23.2 Å². The fourth-order valence-corrected chi connectivity index (χ4v) is 2.18. The zero-order chi connectivity index (χ0) is 10.8. The first-order valence-corrected chi connectivity index (χ1v) is 5.69. The molecule has 1 aliphatic rings. The summed E-state index contributed by atoms with van der Waals surface area (Å²) in [7, 11) is 1.59. The second-order valence-electron chi connectivity index (χ2n) is 3.81. The van der Waals surface area contributed by atoms with Gasteiger partial charge in [0, 0.05) is 11.1 Å². The Morgan fingerprint density at radius 2 is 2.07 bits per heavy atom. The van der Waals surface area contributed by atoms with Crippen LogP contribution in [0.5, 0.6) is 5.75 Å². The third-order valence-corrected chi connectivity index (χ3v) is 3.34. The average Bonchev–Trinajstić information content (AvgIpc) is 2.16. The van der Waals surface area contributed by atoms with Crippen LogP contribution < -0.4 is 10.1 Å². The zero-order valence-electron chi connectivity index (χ0n) is 8.52. The van der Waals surface area contributed by atoms with E-state index in [4.69, 9.17) is 27.9 Å². The molecule has 0 aromatic heterocycles. The monoisotopic (exact) mass is 245 g/mol. The summed E-state index contributed by atoms with van der Waals surface area (Å²) in [4.78, 5) is 0. The molecule has 1 aliphatic heterocycles. The minimum atomic E-state index is 0.629. The quantitative estimate of drug-likeness (QED) is 0.885. The van der Waals surface area contributed by atoms with Gasteiger partial charge in [0.05, 0.1) is 12.1 Å². The van der Waals surface area contributed by atoms with Crippen LogP contribution in [-0.4, -0.2) is 20.2 Å². The summed E-state index contributed by atoms with van der Waals surface area (Å²) >= 11 is 12.2. The third-order valence-electron chi connectivity index (χ3n) is 2.70. The van der Waals surface area contributed by atoms with Gasteiger partial charge in [-0.1, -0.05) is 23.2 Å². The number of rotatable bonds is 3. The molecule has 15 heavy (non-hydrogen) atoms. The Hall–Kier alpha value is -0.440. The van der Waals surface area contributed by atoms with Crippen LogP contribution in [0.1, 0.15) is 5.56 Å². The smallest absolute Gasteiger partial charge is 0.138 e. The maximum Gasteiger partial charge on any atom is 0.138 e. The molecule has 0 saturated carbocycles. The highest BCUT2D eigenvalue weighted by molar-refractivity contribution is 6.34. The molecule has 0 atom stereocenters. The van der Waals surface area contributed by atoms with Crippen molar-refractivity contribution < 1.29 is 4.74 Å². The molecule has 0 aliphatic carbocycles. The number of hydrogen-bond acceptors (Lipinski definition) is 2. The van der Waals surface area contributed by atoms with Crippen molar-refractivity contribution in [1.82, 2.24) is 5.32 Å². The molecule has 2 nitrogen and oxygen atoms in total. The first-order chi connectivity index (χ1) is 7.20. The zero-order valence-corrected chi connectivity index (χ0v) is 10.0. The molecule has 0 amide bonds. The molecule has 0 bridgehead atoms. The van der Waals surface area contributed by atoms with E-state index in [0.29, 0.717) is 16.7 Å².